The summed E-state index contributed by atoms with van der Waals surface area (Å²) in [5.41, 5.74) is 0.534. The highest BCUT2D eigenvalue weighted by Gasteiger charge is 2.19. The second kappa shape index (κ2) is 7.90. The predicted molar refractivity (Wildman–Crippen MR) is 87.2 cm³/mol. The molecule has 2 rings (SSSR count). The summed E-state index contributed by atoms with van der Waals surface area (Å²) in [6.07, 6.45) is 3.77. The van der Waals surface area contributed by atoms with Crippen LogP contribution in [0.1, 0.15) is 26.2 Å². The highest BCUT2D eigenvalue weighted by atomic mass is 32.2. The van der Waals surface area contributed by atoms with Gasteiger partial charge in [0.2, 0.25) is 0 Å². The van der Waals surface area contributed by atoms with Crippen LogP contribution in [0.3, 0.4) is 0 Å². The third-order valence-electron chi connectivity index (χ3n) is 3.73. The topological polar surface area (TPSA) is 81.7 Å². The van der Waals surface area contributed by atoms with Gasteiger partial charge in [-0.25, -0.2) is 8.42 Å². The zero-order valence-corrected chi connectivity index (χ0v) is 14.3. The van der Waals surface area contributed by atoms with Crippen LogP contribution in [0.5, 0.6) is 0 Å². The lowest BCUT2D eigenvalue weighted by Crippen LogP contribution is -2.32. The van der Waals surface area contributed by atoms with Crippen molar-refractivity contribution in [2.24, 2.45) is 0 Å². The molecule has 0 aliphatic carbocycles. The fourth-order valence-electron chi connectivity index (χ4n) is 2.30. The summed E-state index contributed by atoms with van der Waals surface area (Å²) < 4.78 is 33.9. The van der Waals surface area contributed by atoms with Crippen molar-refractivity contribution < 1.29 is 22.7 Å². The first kappa shape index (κ1) is 17.9. The maximum absolute atomic E-state index is 12.1. The molecular weight excluding hydrogens is 318 g/mol. The quantitative estimate of drug-likeness (QED) is 0.856. The van der Waals surface area contributed by atoms with Gasteiger partial charge in [-0.05, 0) is 50.5 Å². The second-order valence-electron chi connectivity index (χ2n) is 5.75. The van der Waals surface area contributed by atoms with Gasteiger partial charge < -0.3 is 14.8 Å². The zero-order valence-electron chi connectivity index (χ0n) is 13.4. The summed E-state index contributed by atoms with van der Waals surface area (Å²) in [6, 6.07) is 6.05. The van der Waals surface area contributed by atoms with E-state index >= 15 is 0 Å². The lowest BCUT2D eigenvalue weighted by molar-refractivity contribution is -0.130. The van der Waals surface area contributed by atoms with Crippen molar-refractivity contribution in [1.82, 2.24) is 0 Å². The number of anilines is 1. The molecule has 1 fully saturated rings. The number of hydrogen-bond donors (Lipinski definition) is 1. The number of hydrogen-bond acceptors (Lipinski definition) is 5. The van der Waals surface area contributed by atoms with Crippen molar-refractivity contribution >= 4 is 21.4 Å². The average Bonchev–Trinajstić information content (AvgIpc) is 2.53. The lowest BCUT2D eigenvalue weighted by atomic mass is 10.1. The molecule has 1 amide bonds. The van der Waals surface area contributed by atoms with Gasteiger partial charge in [-0.3, -0.25) is 4.79 Å². The Hall–Kier alpha value is -1.44. The van der Waals surface area contributed by atoms with Gasteiger partial charge in [0, 0.05) is 18.6 Å². The van der Waals surface area contributed by atoms with Gasteiger partial charge in [-0.15, -0.1) is 0 Å². The summed E-state index contributed by atoms with van der Waals surface area (Å²) in [7, 11) is -3.24. The second-order valence-corrected chi connectivity index (χ2v) is 7.77. The molecule has 0 aromatic heterocycles. The van der Waals surface area contributed by atoms with Gasteiger partial charge in [-0.2, -0.15) is 0 Å². The van der Waals surface area contributed by atoms with E-state index in [4.69, 9.17) is 9.47 Å². The summed E-state index contributed by atoms with van der Waals surface area (Å²) in [5, 5.41) is 2.71. The van der Waals surface area contributed by atoms with E-state index in [1.165, 1.54) is 12.1 Å². The number of ether oxygens (including phenoxy) is 2. The van der Waals surface area contributed by atoms with Crippen molar-refractivity contribution in [3.05, 3.63) is 24.3 Å². The number of carbonyl (C=O) groups is 1. The van der Waals surface area contributed by atoms with Crippen molar-refractivity contribution in [1.29, 1.82) is 0 Å². The Morgan fingerprint density at radius 1 is 1.35 bits per heavy atom. The number of benzene rings is 1. The Bertz CT molecular complexity index is 620. The molecule has 0 radical (unpaired) electrons. The smallest absolute Gasteiger partial charge is 0.253 e. The maximum Gasteiger partial charge on any atom is 0.253 e. The molecule has 6 nitrogen and oxygen atoms in total. The normalized spacial score (nSPS) is 20.0. The van der Waals surface area contributed by atoms with Crippen LogP contribution in [0.15, 0.2) is 29.2 Å². The van der Waals surface area contributed by atoms with Gasteiger partial charge in [0.25, 0.3) is 5.91 Å². The Balaban J connectivity index is 1.83. The van der Waals surface area contributed by atoms with Crippen LogP contribution in [0, 0.1) is 0 Å². The van der Waals surface area contributed by atoms with Crippen LogP contribution in [0.4, 0.5) is 5.69 Å². The lowest BCUT2D eigenvalue weighted by Gasteiger charge is -2.23. The van der Waals surface area contributed by atoms with E-state index in [0.717, 1.165) is 32.1 Å². The Kier molecular flexibility index (Phi) is 6.15. The Labute approximate surface area is 137 Å². The molecule has 1 N–H and O–H groups in total. The molecule has 7 heteroatoms. The Morgan fingerprint density at radius 3 is 2.61 bits per heavy atom. The summed E-state index contributed by atoms with van der Waals surface area (Å²) in [5.74, 6) is -0.270. The average molecular weight is 341 g/mol. The van der Waals surface area contributed by atoms with Crippen LogP contribution in [-0.4, -0.2) is 46.0 Å². The molecule has 0 saturated carbocycles. The molecular formula is C16H23NO5S. The minimum absolute atomic E-state index is 0.0630. The number of rotatable bonds is 6. The zero-order chi connectivity index (χ0) is 16.9. The van der Waals surface area contributed by atoms with Crippen molar-refractivity contribution in [2.45, 2.75) is 43.3 Å². The molecule has 0 spiro atoms. The van der Waals surface area contributed by atoms with Crippen LogP contribution >= 0.6 is 0 Å². The fourth-order valence-corrected chi connectivity index (χ4v) is 2.93. The van der Waals surface area contributed by atoms with Crippen LogP contribution in [-0.2, 0) is 24.1 Å². The van der Waals surface area contributed by atoms with E-state index in [1.807, 2.05) is 0 Å². The fraction of sp³-hybridized carbons (Fsp3) is 0.562. The van der Waals surface area contributed by atoms with Crippen LogP contribution in [0.2, 0.25) is 0 Å². The number of nitrogens with one attached hydrogen (secondary N) is 1. The van der Waals surface area contributed by atoms with Crippen molar-refractivity contribution in [3.8, 4) is 0 Å². The molecule has 1 aromatic carbocycles. The first-order valence-corrected chi connectivity index (χ1v) is 9.59. The molecule has 0 bridgehead atoms. The molecule has 1 heterocycles. The highest BCUT2D eigenvalue weighted by Crippen LogP contribution is 2.16. The summed E-state index contributed by atoms with van der Waals surface area (Å²) in [4.78, 5) is 12.3. The molecule has 128 valence electrons. The van der Waals surface area contributed by atoms with Gasteiger partial charge in [0.15, 0.2) is 9.84 Å². The molecule has 1 aliphatic rings. The summed E-state index contributed by atoms with van der Waals surface area (Å²) >= 11 is 0. The van der Waals surface area contributed by atoms with Gasteiger partial charge in [0.05, 0.1) is 17.6 Å². The third kappa shape index (κ3) is 5.60. The number of amides is 1. The maximum atomic E-state index is 12.1. The minimum Gasteiger partial charge on any atom is -0.376 e. The van der Waals surface area contributed by atoms with Gasteiger partial charge in [0.1, 0.15) is 6.10 Å². The number of carbonyl (C=O) groups excluding carboxylic acids is 1. The standard InChI is InChI=1S/C16H23NO5S/c1-12(22-11-14-5-3-4-10-21-14)16(18)17-13-6-8-15(9-7-13)23(2,19)20/h6-9,12,14H,3-5,10-11H2,1-2H3,(H,17,18). The Morgan fingerprint density at radius 2 is 2.04 bits per heavy atom. The van der Waals surface area contributed by atoms with Crippen molar-refractivity contribution in [2.75, 3.05) is 24.8 Å². The first-order chi connectivity index (χ1) is 10.9. The number of sulfone groups is 1. The molecule has 1 saturated heterocycles. The minimum atomic E-state index is -3.24. The predicted octanol–water partition coefficient (Wildman–Crippen LogP) is 2.00. The molecule has 2 atom stereocenters. The molecule has 2 unspecified atom stereocenters. The van der Waals surface area contributed by atoms with Crippen LogP contribution in [0.25, 0.3) is 0 Å². The monoisotopic (exact) mass is 341 g/mol. The molecule has 23 heavy (non-hydrogen) atoms. The van der Waals surface area contributed by atoms with Gasteiger partial charge in [-0.1, -0.05) is 0 Å². The van der Waals surface area contributed by atoms with E-state index in [0.29, 0.717) is 12.3 Å². The van der Waals surface area contributed by atoms with E-state index in [9.17, 15) is 13.2 Å². The largest absolute Gasteiger partial charge is 0.376 e. The van der Waals surface area contributed by atoms with E-state index in [2.05, 4.69) is 5.32 Å². The summed E-state index contributed by atoms with van der Waals surface area (Å²) in [6.45, 7) is 2.84. The highest BCUT2D eigenvalue weighted by molar-refractivity contribution is 7.90. The third-order valence-corrected chi connectivity index (χ3v) is 4.85. The SMILES string of the molecule is CC(OCC1CCCCO1)C(=O)Nc1ccc(S(C)(=O)=O)cc1. The molecule has 1 aliphatic heterocycles. The van der Waals surface area contributed by atoms with Crippen molar-refractivity contribution in [3.63, 3.8) is 0 Å². The van der Waals surface area contributed by atoms with E-state index < -0.39 is 15.9 Å². The van der Waals surface area contributed by atoms with Gasteiger partial charge >= 0.3 is 0 Å². The van der Waals surface area contributed by atoms with E-state index in [1.54, 1.807) is 19.1 Å². The first-order valence-electron chi connectivity index (χ1n) is 7.70. The van der Waals surface area contributed by atoms with E-state index in [-0.39, 0.29) is 16.9 Å². The molecule has 1 aromatic rings. The van der Waals surface area contributed by atoms with Crippen LogP contribution < -0.4 is 5.32 Å².